The van der Waals surface area contributed by atoms with Crippen molar-refractivity contribution < 1.29 is 38.3 Å². The highest BCUT2D eigenvalue weighted by Gasteiger charge is 2.45. The number of hydrogen-bond acceptors (Lipinski definition) is 11. The summed E-state index contributed by atoms with van der Waals surface area (Å²) in [4.78, 5) is 77.2. The number of nitrogens with zero attached hydrogens (tertiary/aromatic N) is 5. The molecule has 3 aromatic carbocycles. The molecule has 0 bridgehead atoms. The van der Waals surface area contributed by atoms with Gasteiger partial charge in [-0.1, -0.05) is 18.2 Å². The van der Waals surface area contributed by atoms with Crippen LogP contribution < -0.4 is 20.4 Å². The standard InChI is InChI=1S/C46H53N7O8/c54-41-12-11-39(44(56)47-41)53-45(57)37-10-9-35(28-38(37)46(53)58)51-21-19-50(20-22-51)29-31-13-16-49(17-14-31)30-32-4-3-5-36(26-32)59-25-23-52-18-15-33-7-8-34(27-40(33)52)43(55)48-61-42-6-1-2-24-60-42/h3-5,7-10,15,18,26-28,31,39,42H,1-2,6,11-14,16-17,19-25,29-30H2,(H,48,55)(H,47,54,56). The van der Waals surface area contributed by atoms with E-state index in [0.29, 0.717) is 42.4 Å². The topological polar surface area (TPSA) is 155 Å². The van der Waals surface area contributed by atoms with Gasteiger partial charge in [0, 0.05) is 81.7 Å². The van der Waals surface area contributed by atoms with Crippen LogP contribution in [0.25, 0.3) is 10.9 Å². The average Bonchev–Trinajstić information content (AvgIpc) is 3.80. The number of hydrogen-bond donors (Lipinski definition) is 2. The zero-order chi connectivity index (χ0) is 41.9. The molecule has 1 aromatic heterocycles. The normalized spacial score (nSPS) is 21.8. The summed E-state index contributed by atoms with van der Waals surface area (Å²) in [5.41, 5.74) is 6.79. The zero-order valence-corrected chi connectivity index (χ0v) is 34.4. The van der Waals surface area contributed by atoms with Gasteiger partial charge >= 0.3 is 0 Å². The molecule has 5 amide bonds. The van der Waals surface area contributed by atoms with Gasteiger partial charge < -0.3 is 18.9 Å². The van der Waals surface area contributed by atoms with Crippen molar-refractivity contribution in [1.29, 1.82) is 0 Å². The lowest BCUT2D eigenvalue weighted by molar-refractivity contribution is -0.186. The number of piperidine rings is 2. The maximum atomic E-state index is 13.3. The molecule has 9 rings (SSSR count). The molecule has 61 heavy (non-hydrogen) atoms. The highest BCUT2D eigenvalue weighted by Crippen LogP contribution is 2.32. The summed E-state index contributed by atoms with van der Waals surface area (Å²) in [6.07, 6.45) is 6.96. The Morgan fingerprint density at radius 2 is 1.66 bits per heavy atom. The SMILES string of the molecule is O=C1CCC(N2C(=O)c3ccc(N4CCN(CC5CCN(Cc6cccc(OCCn7ccc8ccc(C(=O)NOC9CCCCO9)cc87)c6)CC5)CC4)cc3C2=O)C(=O)N1. The minimum atomic E-state index is -0.966. The Kier molecular flexibility index (Phi) is 12.1. The molecule has 2 atom stereocenters. The quantitative estimate of drug-likeness (QED) is 0.146. The smallest absolute Gasteiger partial charge is 0.275 e. The molecule has 0 aliphatic carbocycles. The number of benzene rings is 3. The van der Waals surface area contributed by atoms with Crippen LogP contribution in [0.1, 0.15) is 81.6 Å². The van der Waals surface area contributed by atoms with Crippen LogP contribution in [0, 0.1) is 5.92 Å². The number of anilines is 1. The first-order valence-electron chi connectivity index (χ1n) is 21.7. The van der Waals surface area contributed by atoms with Crippen molar-refractivity contribution in [1.82, 2.24) is 30.1 Å². The third-order valence-corrected chi connectivity index (χ3v) is 12.7. The lowest BCUT2D eigenvalue weighted by atomic mass is 9.95. The number of hydroxylamine groups is 1. The third-order valence-electron chi connectivity index (χ3n) is 12.7. The number of amides is 5. The molecule has 6 heterocycles. The first-order chi connectivity index (χ1) is 29.8. The number of imide groups is 2. The number of nitrogens with one attached hydrogen (secondary N) is 2. The summed E-state index contributed by atoms with van der Waals surface area (Å²) in [6, 6.07) is 20.4. The van der Waals surface area contributed by atoms with Crippen molar-refractivity contribution >= 4 is 46.1 Å². The molecule has 320 valence electrons. The molecule has 15 nitrogen and oxygen atoms in total. The Morgan fingerprint density at radius 1 is 0.820 bits per heavy atom. The van der Waals surface area contributed by atoms with Gasteiger partial charge in [0.1, 0.15) is 18.4 Å². The molecule has 4 saturated heterocycles. The van der Waals surface area contributed by atoms with Gasteiger partial charge in [-0.15, -0.1) is 0 Å². The minimum absolute atomic E-state index is 0.0978. The predicted molar refractivity (Wildman–Crippen MR) is 226 cm³/mol. The second kappa shape index (κ2) is 18.2. The van der Waals surface area contributed by atoms with Crippen molar-refractivity contribution in [2.24, 2.45) is 5.92 Å². The van der Waals surface area contributed by atoms with Crippen molar-refractivity contribution in [3.63, 3.8) is 0 Å². The third kappa shape index (κ3) is 9.20. The van der Waals surface area contributed by atoms with Crippen LogP contribution in [0.5, 0.6) is 5.75 Å². The molecule has 2 unspecified atom stereocenters. The van der Waals surface area contributed by atoms with Crippen LogP contribution in [-0.2, 0) is 32.3 Å². The Balaban J connectivity index is 0.701. The van der Waals surface area contributed by atoms with Crippen molar-refractivity contribution in [2.75, 3.05) is 63.9 Å². The van der Waals surface area contributed by atoms with Gasteiger partial charge in [-0.3, -0.25) is 44.0 Å². The molecule has 5 aliphatic heterocycles. The number of rotatable bonds is 13. The minimum Gasteiger partial charge on any atom is -0.492 e. The van der Waals surface area contributed by atoms with E-state index in [-0.39, 0.29) is 24.7 Å². The summed E-state index contributed by atoms with van der Waals surface area (Å²) in [5, 5.41) is 3.30. The number of piperazine rings is 1. The molecule has 5 aliphatic rings. The maximum absolute atomic E-state index is 13.3. The van der Waals surface area contributed by atoms with Crippen LogP contribution in [0.2, 0.25) is 0 Å². The van der Waals surface area contributed by atoms with E-state index in [4.69, 9.17) is 14.3 Å². The highest BCUT2D eigenvalue weighted by atomic mass is 16.8. The number of ether oxygens (including phenoxy) is 2. The molecular formula is C46H53N7O8. The van der Waals surface area contributed by atoms with Crippen LogP contribution in [0.3, 0.4) is 0 Å². The number of aromatic nitrogens is 1. The fraction of sp³-hybridized carbons (Fsp3) is 0.457. The maximum Gasteiger partial charge on any atom is 0.275 e. The Hall–Kier alpha value is -5.61. The predicted octanol–water partition coefficient (Wildman–Crippen LogP) is 4.34. The molecule has 4 aromatic rings. The van der Waals surface area contributed by atoms with Crippen molar-refractivity contribution in [3.05, 3.63) is 95.2 Å². The number of carbonyl (C=O) groups is 5. The van der Waals surface area contributed by atoms with Gasteiger partial charge in [0.05, 0.1) is 17.7 Å². The van der Waals surface area contributed by atoms with Crippen LogP contribution >= 0.6 is 0 Å². The number of fused-ring (bicyclic) bond motifs is 2. The molecule has 4 fully saturated rings. The van der Waals surface area contributed by atoms with E-state index in [1.807, 2.05) is 36.5 Å². The lowest BCUT2D eigenvalue weighted by Crippen LogP contribution is -2.54. The summed E-state index contributed by atoms with van der Waals surface area (Å²) >= 11 is 0. The molecule has 0 spiro atoms. The van der Waals surface area contributed by atoms with Gasteiger partial charge in [0.25, 0.3) is 17.7 Å². The largest absolute Gasteiger partial charge is 0.492 e. The van der Waals surface area contributed by atoms with Gasteiger partial charge in [-0.2, -0.15) is 0 Å². The van der Waals surface area contributed by atoms with Crippen LogP contribution in [0.15, 0.2) is 72.9 Å². The second-order valence-corrected chi connectivity index (χ2v) is 16.8. The average molecular weight is 832 g/mol. The van der Waals surface area contributed by atoms with E-state index in [2.05, 4.69) is 48.3 Å². The van der Waals surface area contributed by atoms with Gasteiger partial charge in [-0.25, -0.2) is 10.3 Å². The lowest BCUT2D eigenvalue weighted by Gasteiger charge is -2.39. The summed E-state index contributed by atoms with van der Waals surface area (Å²) in [6.45, 7) is 9.31. The van der Waals surface area contributed by atoms with Crippen LogP contribution in [0.4, 0.5) is 5.69 Å². The molecule has 0 saturated carbocycles. The van der Waals surface area contributed by atoms with E-state index < -0.39 is 30.1 Å². The second-order valence-electron chi connectivity index (χ2n) is 16.8. The van der Waals surface area contributed by atoms with Gasteiger partial charge in [0.2, 0.25) is 11.8 Å². The van der Waals surface area contributed by atoms with Crippen LogP contribution in [-0.4, -0.2) is 120 Å². The van der Waals surface area contributed by atoms with Gasteiger partial charge in [0.15, 0.2) is 6.29 Å². The zero-order valence-electron chi connectivity index (χ0n) is 34.4. The van der Waals surface area contributed by atoms with Crippen molar-refractivity contribution in [3.8, 4) is 5.75 Å². The van der Waals surface area contributed by atoms with Gasteiger partial charge in [-0.05, 0) is 111 Å². The van der Waals surface area contributed by atoms with Crippen molar-refractivity contribution in [2.45, 2.75) is 70.4 Å². The van der Waals surface area contributed by atoms with E-state index in [0.717, 1.165) is 112 Å². The monoisotopic (exact) mass is 831 g/mol. The molecular weight excluding hydrogens is 779 g/mol. The fourth-order valence-corrected chi connectivity index (χ4v) is 9.29. The number of likely N-dealkylation sites (tertiary alicyclic amines) is 1. The highest BCUT2D eigenvalue weighted by molar-refractivity contribution is 6.23. The van der Waals surface area contributed by atoms with E-state index in [1.54, 1.807) is 18.2 Å². The molecule has 15 heteroatoms. The van der Waals surface area contributed by atoms with E-state index >= 15 is 0 Å². The Morgan fingerprint density at radius 3 is 2.46 bits per heavy atom. The fourth-order valence-electron chi connectivity index (χ4n) is 9.29. The Labute approximate surface area is 354 Å². The first-order valence-corrected chi connectivity index (χ1v) is 21.7. The Bertz CT molecular complexity index is 2290. The molecule has 2 N–H and O–H groups in total. The van der Waals surface area contributed by atoms with E-state index in [1.165, 1.54) is 5.56 Å². The number of carbonyl (C=O) groups excluding carboxylic acids is 5. The summed E-state index contributed by atoms with van der Waals surface area (Å²) in [7, 11) is 0. The summed E-state index contributed by atoms with van der Waals surface area (Å²) < 4.78 is 13.9. The van der Waals surface area contributed by atoms with E-state index in [9.17, 15) is 24.0 Å². The summed E-state index contributed by atoms with van der Waals surface area (Å²) in [5.74, 6) is -0.754. The first kappa shape index (κ1) is 40.8. The molecule has 0 radical (unpaired) electrons.